The van der Waals surface area contributed by atoms with Gasteiger partial charge < -0.3 is 9.97 Å². The highest BCUT2D eigenvalue weighted by Crippen LogP contribution is 2.39. The van der Waals surface area contributed by atoms with Gasteiger partial charge in [-0.1, -0.05) is 114 Å². The SMILES string of the molecule is CC(C)(C)c1ccc(-c2c3nc(c(-c4ccc(I)cc4)c4ccc([nH]4)c(-c4ccc(I)cc4)c4ccc([nH]4)c(-c4ccc(C(C)(C)C)cc4)c4nc2C=C4)C=C3)cc1. The van der Waals surface area contributed by atoms with Crippen LogP contribution in [0.5, 0.6) is 0 Å². The summed E-state index contributed by atoms with van der Waals surface area (Å²) in [6, 6.07) is 44.2. The normalized spacial score (nSPS) is 12.7. The second-order valence-electron chi connectivity index (χ2n) is 17.2. The van der Waals surface area contributed by atoms with Gasteiger partial charge >= 0.3 is 0 Å². The van der Waals surface area contributed by atoms with Crippen molar-refractivity contribution < 1.29 is 0 Å². The number of aromatic nitrogens is 4. The average Bonchev–Trinajstić information content (AvgIpc) is 4.04. The smallest absolute Gasteiger partial charge is 0.0738 e. The monoisotopic (exact) mass is 978 g/mol. The molecular weight excluding hydrogens is 934 g/mol. The van der Waals surface area contributed by atoms with Crippen molar-refractivity contribution in [2.24, 2.45) is 0 Å². The van der Waals surface area contributed by atoms with Crippen LogP contribution < -0.4 is 0 Å². The Bertz CT molecular complexity index is 2930. The Morgan fingerprint density at radius 1 is 0.345 bits per heavy atom. The number of rotatable bonds is 4. The van der Waals surface area contributed by atoms with Crippen LogP contribution in [0.1, 0.15) is 75.4 Å². The van der Waals surface area contributed by atoms with Crippen LogP contribution in [0.15, 0.2) is 121 Å². The molecule has 9 rings (SSSR count). The minimum Gasteiger partial charge on any atom is -0.354 e. The van der Waals surface area contributed by atoms with E-state index in [2.05, 4.69) is 242 Å². The molecule has 7 aromatic rings. The van der Waals surface area contributed by atoms with Crippen LogP contribution in [0.2, 0.25) is 0 Å². The first-order valence-electron chi connectivity index (χ1n) is 19.7. The van der Waals surface area contributed by atoms with E-state index in [9.17, 15) is 0 Å². The van der Waals surface area contributed by atoms with Gasteiger partial charge in [-0.25, -0.2) is 9.97 Å². The lowest BCUT2D eigenvalue weighted by Gasteiger charge is -2.19. The number of hydrogen-bond acceptors (Lipinski definition) is 2. The van der Waals surface area contributed by atoms with Crippen LogP contribution >= 0.6 is 45.2 Å². The fraction of sp³-hybridized carbons (Fsp3) is 0.154. The van der Waals surface area contributed by atoms with Crippen molar-refractivity contribution in [2.75, 3.05) is 0 Å². The first-order valence-corrected chi connectivity index (χ1v) is 21.9. The molecule has 0 saturated heterocycles. The summed E-state index contributed by atoms with van der Waals surface area (Å²) in [6.45, 7) is 13.5. The van der Waals surface area contributed by atoms with Gasteiger partial charge in [-0.2, -0.15) is 0 Å². The molecule has 0 amide bonds. The molecule has 8 bridgehead atoms. The van der Waals surface area contributed by atoms with Gasteiger partial charge in [0.1, 0.15) is 0 Å². The third-order valence-corrected chi connectivity index (χ3v) is 12.5. The van der Waals surface area contributed by atoms with Crippen molar-refractivity contribution in [1.82, 2.24) is 19.9 Å². The standard InChI is InChI=1S/C52H44I2N4/c1-51(2,3)35-15-7-31(8-16-35)47-39-23-24-40(55-39)48(32-9-17-36(18-10-32)52(4,5)6)42-26-28-44(57-42)50(34-13-21-38(54)22-14-34)46-30-29-45(58-46)49(43-27-25-41(47)56-43)33-11-19-37(53)20-12-33/h7-30,56,58H,1-6H3. The Kier molecular flexibility index (Phi) is 9.91. The minimum absolute atomic E-state index is 0.0328. The highest BCUT2D eigenvalue weighted by Gasteiger charge is 2.21. The topological polar surface area (TPSA) is 57.4 Å². The average molecular weight is 979 g/mol. The van der Waals surface area contributed by atoms with Crippen molar-refractivity contribution in [3.05, 3.63) is 162 Å². The lowest BCUT2D eigenvalue weighted by Crippen LogP contribution is -2.10. The summed E-state index contributed by atoms with van der Waals surface area (Å²) in [5.41, 5.74) is 18.8. The molecule has 5 heterocycles. The molecule has 0 aliphatic carbocycles. The molecule has 0 spiro atoms. The summed E-state index contributed by atoms with van der Waals surface area (Å²) in [4.78, 5) is 18.7. The number of H-pyrrole nitrogens is 2. The zero-order chi connectivity index (χ0) is 40.3. The molecule has 4 nitrogen and oxygen atoms in total. The fourth-order valence-electron chi connectivity index (χ4n) is 7.93. The molecule has 0 unspecified atom stereocenters. The molecular formula is C52H44I2N4. The maximum Gasteiger partial charge on any atom is 0.0738 e. The zero-order valence-corrected chi connectivity index (χ0v) is 37.8. The fourth-order valence-corrected chi connectivity index (χ4v) is 8.65. The van der Waals surface area contributed by atoms with Gasteiger partial charge in [0.15, 0.2) is 0 Å². The molecule has 2 N–H and O–H groups in total. The van der Waals surface area contributed by atoms with E-state index in [1.807, 2.05) is 0 Å². The van der Waals surface area contributed by atoms with Gasteiger partial charge in [-0.3, -0.25) is 0 Å². The largest absolute Gasteiger partial charge is 0.354 e. The summed E-state index contributed by atoms with van der Waals surface area (Å²) in [5.74, 6) is 0. The van der Waals surface area contributed by atoms with Crippen LogP contribution in [0.25, 0.3) is 90.9 Å². The summed E-state index contributed by atoms with van der Waals surface area (Å²) < 4.78 is 2.37. The lowest BCUT2D eigenvalue weighted by atomic mass is 9.86. The molecule has 2 aliphatic heterocycles. The summed E-state index contributed by atoms with van der Waals surface area (Å²) >= 11 is 4.75. The van der Waals surface area contributed by atoms with E-state index in [1.165, 1.54) is 18.3 Å². The Morgan fingerprint density at radius 3 is 0.966 bits per heavy atom. The van der Waals surface area contributed by atoms with Gasteiger partial charge in [0.25, 0.3) is 0 Å². The van der Waals surface area contributed by atoms with E-state index < -0.39 is 0 Å². The first kappa shape index (κ1) is 38.5. The van der Waals surface area contributed by atoms with Crippen molar-refractivity contribution in [3.63, 3.8) is 0 Å². The van der Waals surface area contributed by atoms with Crippen LogP contribution in [-0.4, -0.2) is 19.9 Å². The lowest BCUT2D eigenvalue weighted by molar-refractivity contribution is 0.590. The van der Waals surface area contributed by atoms with Crippen molar-refractivity contribution >= 4 is 91.6 Å². The number of nitrogens with one attached hydrogen (secondary N) is 2. The van der Waals surface area contributed by atoms with Crippen molar-refractivity contribution in [3.8, 4) is 44.5 Å². The van der Waals surface area contributed by atoms with E-state index >= 15 is 0 Å². The zero-order valence-electron chi connectivity index (χ0n) is 33.5. The van der Waals surface area contributed by atoms with E-state index in [0.29, 0.717) is 0 Å². The molecule has 3 aromatic heterocycles. The van der Waals surface area contributed by atoms with E-state index in [4.69, 9.17) is 9.97 Å². The Morgan fingerprint density at radius 2 is 0.621 bits per heavy atom. The Labute approximate surface area is 367 Å². The third kappa shape index (κ3) is 7.41. The number of halogens is 2. The molecule has 0 atom stereocenters. The quantitative estimate of drug-likeness (QED) is 0.173. The molecule has 58 heavy (non-hydrogen) atoms. The molecule has 2 aliphatic rings. The molecule has 0 radical (unpaired) electrons. The molecule has 6 heteroatoms. The number of aromatic amines is 2. The molecule has 4 aromatic carbocycles. The van der Waals surface area contributed by atoms with E-state index in [0.717, 1.165) is 89.4 Å². The van der Waals surface area contributed by atoms with Crippen LogP contribution in [0.4, 0.5) is 0 Å². The van der Waals surface area contributed by atoms with Gasteiger partial charge in [-0.05, 0) is 162 Å². The van der Waals surface area contributed by atoms with Crippen LogP contribution in [0.3, 0.4) is 0 Å². The van der Waals surface area contributed by atoms with Crippen LogP contribution in [0, 0.1) is 7.14 Å². The first-order chi connectivity index (χ1) is 27.8. The minimum atomic E-state index is 0.0328. The number of benzene rings is 4. The second-order valence-corrected chi connectivity index (χ2v) is 19.7. The van der Waals surface area contributed by atoms with E-state index in [1.54, 1.807) is 0 Å². The van der Waals surface area contributed by atoms with Gasteiger partial charge in [0, 0.05) is 51.5 Å². The molecule has 0 saturated carbocycles. The highest BCUT2D eigenvalue weighted by atomic mass is 127. The Hall–Kier alpha value is -5.06. The predicted molar refractivity (Wildman–Crippen MR) is 263 cm³/mol. The van der Waals surface area contributed by atoms with Gasteiger partial charge in [0.05, 0.1) is 22.8 Å². The second kappa shape index (κ2) is 15.0. The van der Waals surface area contributed by atoms with Crippen molar-refractivity contribution in [2.45, 2.75) is 52.4 Å². The van der Waals surface area contributed by atoms with E-state index in [-0.39, 0.29) is 10.8 Å². The van der Waals surface area contributed by atoms with Crippen LogP contribution in [-0.2, 0) is 10.8 Å². The Balaban J connectivity index is 1.43. The summed E-state index contributed by atoms with van der Waals surface area (Å²) in [7, 11) is 0. The number of nitrogens with zero attached hydrogens (tertiary/aromatic N) is 2. The maximum absolute atomic E-state index is 5.49. The summed E-state index contributed by atoms with van der Waals surface area (Å²) in [5, 5.41) is 0. The van der Waals surface area contributed by atoms with Crippen molar-refractivity contribution in [1.29, 1.82) is 0 Å². The van der Waals surface area contributed by atoms with Gasteiger partial charge in [-0.15, -0.1) is 0 Å². The number of fused-ring (bicyclic) bond motifs is 8. The highest BCUT2D eigenvalue weighted by molar-refractivity contribution is 14.1. The third-order valence-electron chi connectivity index (χ3n) is 11.1. The van der Waals surface area contributed by atoms with Gasteiger partial charge in [0.2, 0.25) is 0 Å². The summed E-state index contributed by atoms with van der Waals surface area (Å²) in [6.07, 6.45) is 8.63. The predicted octanol–water partition coefficient (Wildman–Crippen LogP) is 15.1. The number of hydrogen-bond donors (Lipinski definition) is 2. The maximum atomic E-state index is 5.49. The molecule has 0 fully saturated rings. The molecule has 286 valence electrons.